The second-order valence-electron chi connectivity index (χ2n) is 3.56. The minimum absolute atomic E-state index is 0.155. The van der Waals surface area contributed by atoms with Gasteiger partial charge in [-0.1, -0.05) is 19.4 Å². The summed E-state index contributed by atoms with van der Waals surface area (Å²) in [6.45, 7) is 3.94. The van der Waals surface area contributed by atoms with Crippen molar-refractivity contribution in [1.82, 2.24) is 5.32 Å². The maximum Gasteiger partial charge on any atom is 0.243 e. The average Bonchev–Trinajstić information content (AvgIpc) is 2.16. The lowest BCUT2D eigenvalue weighted by atomic mass is 9.86. The molecule has 3 nitrogen and oxygen atoms in total. The van der Waals surface area contributed by atoms with E-state index in [0.29, 0.717) is 6.54 Å². The molecule has 2 N–H and O–H groups in total. The number of amides is 1. The Morgan fingerprint density at radius 3 is 2.85 bits per heavy atom. The largest absolute Gasteiger partial charge is 0.393 e. The van der Waals surface area contributed by atoms with Crippen molar-refractivity contribution in [2.75, 3.05) is 6.54 Å². The van der Waals surface area contributed by atoms with E-state index in [0.717, 1.165) is 25.7 Å². The monoisotopic (exact) mass is 183 g/mol. The molecule has 0 aliphatic heterocycles. The van der Waals surface area contributed by atoms with Crippen LogP contribution in [-0.2, 0) is 4.79 Å². The molecule has 0 spiro atoms. The van der Waals surface area contributed by atoms with E-state index in [-0.39, 0.29) is 17.9 Å². The lowest BCUT2D eigenvalue weighted by Crippen LogP contribution is -2.35. The van der Waals surface area contributed by atoms with Crippen LogP contribution in [0.5, 0.6) is 0 Å². The molecule has 0 bridgehead atoms. The lowest BCUT2D eigenvalue weighted by Gasteiger charge is -2.27. The molecule has 0 unspecified atom stereocenters. The van der Waals surface area contributed by atoms with Gasteiger partial charge in [-0.3, -0.25) is 4.79 Å². The number of aliphatic hydroxyl groups is 1. The first-order valence-corrected chi connectivity index (χ1v) is 4.82. The summed E-state index contributed by atoms with van der Waals surface area (Å²) in [7, 11) is 0. The van der Waals surface area contributed by atoms with E-state index in [1.807, 2.05) is 0 Å². The third kappa shape index (κ3) is 3.19. The number of hydrogen-bond donors (Lipinski definition) is 2. The first-order chi connectivity index (χ1) is 6.24. The highest BCUT2D eigenvalue weighted by molar-refractivity contribution is 5.86. The Kier molecular flexibility index (Phi) is 3.96. The first kappa shape index (κ1) is 10.3. The molecular weight excluding hydrogens is 166 g/mol. The van der Waals surface area contributed by atoms with Gasteiger partial charge in [-0.15, -0.1) is 0 Å². The molecule has 1 aliphatic carbocycles. The highest BCUT2D eigenvalue weighted by Gasteiger charge is 2.22. The molecule has 13 heavy (non-hydrogen) atoms. The Morgan fingerprint density at radius 2 is 2.23 bits per heavy atom. The van der Waals surface area contributed by atoms with Crippen LogP contribution in [0.4, 0.5) is 0 Å². The molecule has 0 heterocycles. The lowest BCUT2D eigenvalue weighted by molar-refractivity contribution is -0.116. The van der Waals surface area contributed by atoms with E-state index in [1.54, 1.807) is 0 Å². The van der Waals surface area contributed by atoms with Crippen molar-refractivity contribution in [3.63, 3.8) is 0 Å². The molecule has 0 radical (unpaired) electrons. The quantitative estimate of drug-likeness (QED) is 0.637. The maximum absolute atomic E-state index is 10.9. The molecule has 74 valence electrons. The number of nitrogens with one attached hydrogen (secondary N) is 1. The van der Waals surface area contributed by atoms with Crippen molar-refractivity contribution >= 4 is 5.91 Å². The Morgan fingerprint density at radius 1 is 1.54 bits per heavy atom. The molecular formula is C10H17NO2. The van der Waals surface area contributed by atoms with Crippen molar-refractivity contribution in [2.24, 2.45) is 5.92 Å². The summed E-state index contributed by atoms with van der Waals surface area (Å²) in [5, 5.41) is 12.3. The standard InChI is InChI=1S/C10H17NO2/c1-2-10(13)11-7-8-5-3-4-6-9(8)12/h2,8-9,12H,1,3-7H2,(H,11,13)/t8-,9+/m1/s1. The molecule has 1 amide bonds. The zero-order valence-electron chi connectivity index (χ0n) is 7.83. The van der Waals surface area contributed by atoms with Gasteiger partial charge in [-0.2, -0.15) is 0 Å². The molecule has 0 aromatic heterocycles. The van der Waals surface area contributed by atoms with E-state index in [4.69, 9.17) is 0 Å². The van der Waals surface area contributed by atoms with Crippen LogP contribution in [-0.4, -0.2) is 23.7 Å². The second-order valence-corrected chi connectivity index (χ2v) is 3.56. The van der Waals surface area contributed by atoms with Crippen LogP contribution >= 0.6 is 0 Å². The van der Waals surface area contributed by atoms with E-state index >= 15 is 0 Å². The SMILES string of the molecule is C=CC(=O)NC[C@H]1CCCC[C@@H]1O. The van der Waals surface area contributed by atoms with Gasteiger partial charge in [0, 0.05) is 12.5 Å². The van der Waals surface area contributed by atoms with E-state index in [9.17, 15) is 9.90 Å². The molecule has 0 aromatic carbocycles. The van der Waals surface area contributed by atoms with Crippen molar-refractivity contribution < 1.29 is 9.90 Å². The fourth-order valence-electron chi connectivity index (χ4n) is 1.73. The summed E-state index contributed by atoms with van der Waals surface area (Å²) >= 11 is 0. The molecule has 1 aliphatic rings. The first-order valence-electron chi connectivity index (χ1n) is 4.82. The van der Waals surface area contributed by atoms with Crippen LogP contribution in [0, 0.1) is 5.92 Å². The molecule has 0 aromatic rings. The van der Waals surface area contributed by atoms with Crippen LogP contribution in [0.1, 0.15) is 25.7 Å². The second kappa shape index (κ2) is 5.02. The zero-order chi connectivity index (χ0) is 9.68. The predicted octanol–water partition coefficient (Wildman–Crippen LogP) is 0.840. The summed E-state index contributed by atoms with van der Waals surface area (Å²) in [6, 6.07) is 0. The molecule has 2 atom stereocenters. The van der Waals surface area contributed by atoms with Gasteiger partial charge in [0.05, 0.1) is 6.10 Å². The molecule has 3 heteroatoms. The van der Waals surface area contributed by atoms with Gasteiger partial charge >= 0.3 is 0 Å². The summed E-state index contributed by atoms with van der Waals surface area (Å²) < 4.78 is 0. The van der Waals surface area contributed by atoms with Gasteiger partial charge in [-0.25, -0.2) is 0 Å². The van der Waals surface area contributed by atoms with E-state index in [2.05, 4.69) is 11.9 Å². The third-order valence-electron chi connectivity index (χ3n) is 2.59. The fraction of sp³-hybridized carbons (Fsp3) is 0.700. The van der Waals surface area contributed by atoms with Crippen molar-refractivity contribution in [3.05, 3.63) is 12.7 Å². The summed E-state index contributed by atoms with van der Waals surface area (Å²) in [4.78, 5) is 10.9. The summed E-state index contributed by atoms with van der Waals surface area (Å²) in [5.74, 6) is 0.0791. The van der Waals surface area contributed by atoms with Crippen molar-refractivity contribution in [1.29, 1.82) is 0 Å². The topological polar surface area (TPSA) is 49.3 Å². The van der Waals surface area contributed by atoms with Crippen molar-refractivity contribution in [2.45, 2.75) is 31.8 Å². The molecule has 1 saturated carbocycles. The van der Waals surface area contributed by atoms with Gasteiger partial charge < -0.3 is 10.4 Å². The normalized spacial score (nSPS) is 28.1. The molecule has 1 rings (SSSR count). The van der Waals surface area contributed by atoms with Crippen LogP contribution in [0.25, 0.3) is 0 Å². The Bertz CT molecular complexity index is 191. The highest BCUT2D eigenvalue weighted by atomic mass is 16.3. The summed E-state index contributed by atoms with van der Waals surface area (Å²) in [6.07, 6.45) is 5.17. The van der Waals surface area contributed by atoms with Crippen LogP contribution < -0.4 is 5.32 Å². The zero-order valence-corrected chi connectivity index (χ0v) is 7.83. The highest BCUT2D eigenvalue weighted by Crippen LogP contribution is 2.23. The van der Waals surface area contributed by atoms with E-state index in [1.165, 1.54) is 6.08 Å². The Balaban J connectivity index is 2.26. The van der Waals surface area contributed by atoms with Gasteiger partial charge in [0.25, 0.3) is 0 Å². The maximum atomic E-state index is 10.9. The van der Waals surface area contributed by atoms with Gasteiger partial charge in [0.15, 0.2) is 0 Å². The Hall–Kier alpha value is -0.830. The minimum atomic E-state index is -0.237. The smallest absolute Gasteiger partial charge is 0.243 e. The number of carbonyl (C=O) groups is 1. The number of carbonyl (C=O) groups excluding carboxylic acids is 1. The molecule has 0 saturated heterocycles. The Labute approximate surface area is 78.8 Å². The fourth-order valence-corrected chi connectivity index (χ4v) is 1.73. The van der Waals surface area contributed by atoms with Crippen LogP contribution in [0.2, 0.25) is 0 Å². The average molecular weight is 183 g/mol. The number of hydrogen-bond acceptors (Lipinski definition) is 2. The molecule has 1 fully saturated rings. The van der Waals surface area contributed by atoms with Gasteiger partial charge in [0.2, 0.25) is 5.91 Å². The van der Waals surface area contributed by atoms with E-state index < -0.39 is 0 Å². The van der Waals surface area contributed by atoms with Gasteiger partial charge in [0.1, 0.15) is 0 Å². The third-order valence-corrected chi connectivity index (χ3v) is 2.59. The predicted molar refractivity (Wildman–Crippen MR) is 51.2 cm³/mol. The van der Waals surface area contributed by atoms with Crippen molar-refractivity contribution in [3.8, 4) is 0 Å². The minimum Gasteiger partial charge on any atom is -0.393 e. The van der Waals surface area contributed by atoms with Crippen LogP contribution in [0.15, 0.2) is 12.7 Å². The number of rotatable bonds is 3. The summed E-state index contributed by atoms with van der Waals surface area (Å²) in [5.41, 5.74) is 0. The number of aliphatic hydroxyl groups excluding tert-OH is 1. The van der Waals surface area contributed by atoms with Gasteiger partial charge in [-0.05, 0) is 18.9 Å². The van der Waals surface area contributed by atoms with Crippen LogP contribution in [0.3, 0.4) is 0 Å².